The van der Waals surface area contributed by atoms with E-state index in [-0.39, 0.29) is 10.6 Å². The maximum atomic E-state index is 12.2. The monoisotopic (exact) mass is 318 g/mol. The van der Waals surface area contributed by atoms with Crippen molar-refractivity contribution in [2.75, 3.05) is 39.4 Å². The predicted octanol–water partition coefficient (Wildman–Crippen LogP) is -0.789. The molecule has 0 aromatic carbocycles. The molecule has 1 fully saturated rings. The Labute approximate surface area is 124 Å². The number of H-pyrrole nitrogens is 1. The van der Waals surface area contributed by atoms with E-state index >= 15 is 0 Å². The summed E-state index contributed by atoms with van der Waals surface area (Å²) in [5, 5.41) is 15.5. The van der Waals surface area contributed by atoms with E-state index in [9.17, 15) is 8.42 Å². The fourth-order valence-corrected chi connectivity index (χ4v) is 3.77. The van der Waals surface area contributed by atoms with E-state index in [4.69, 9.17) is 9.84 Å². The lowest BCUT2D eigenvalue weighted by Gasteiger charge is -2.26. The molecule has 1 aromatic rings. The van der Waals surface area contributed by atoms with Crippen molar-refractivity contribution in [3.8, 4) is 0 Å². The first-order valence-electron chi connectivity index (χ1n) is 6.99. The molecule has 2 rings (SSSR count). The summed E-state index contributed by atoms with van der Waals surface area (Å²) in [6, 6.07) is 0. The number of aliphatic hydroxyl groups is 1. The number of ether oxygens (including phenoxy) is 1. The molecule has 0 unspecified atom stereocenters. The van der Waals surface area contributed by atoms with Crippen molar-refractivity contribution >= 4 is 10.0 Å². The molecule has 8 nitrogen and oxygen atoms in total. The summed E-state index contributed by atoms with van der Waals surface area (Å²) >= 11 is 0. The minimum absolute atomic E-state index is 0.0522. The topological polar surface area (TPSA) is 108 Å². The third-order valence-electron chi connectivity index (χ3n) is 3.43. The maximum Gasteiger partial charge on any atom is 0.244 e. The van der Waals surface area contributed by atoms with Gasteiger partial charge in [0.05, 0.1) is 25.5 Å². The first-order chi connectivity index (χ1) is 10.0. The summed E-state index contributed by atoms with van der Waals surface area (Å²) in [6.07, 6.45) is 0.727. The van der Waals surface area contributed by atoms with Crippen molar-refractivity contribution in [1.82, 2.24) is 19.8 Å². The van der Waals surface area contributed by atoms with E-state index in [2.05, 4.69) is 19.8 Å². The molecule has 120 valence electrons. The van der Waals surface area contributed by atoms with Gasteiger partial charge < -0.3 is 9.84 Å². The molecule has 3 N–H and O–H groups in total. The highest BCUT2D eigenvalue weighted by atomic mass is 32.2. The number of sulfonamides is 1. The van der Waals surface area contributed by atoms with Gasteiger partial charge in [-0.25, -0.2) is 13.1 Å². The molecule has 1 aliphatic heterocycles. The van der Waals surface area contributed by atoms with Crippen LogP contribution >= 0.6 is 0 Å². The van der Waals surface area contributed by atoms with Gasteiger partial charge in [-0.2, -0.15) is 5.10 Å². The SMILES string of the molecule is Cc1[nH]nc(CO)c1S(=O)(=O)NCCCN1CCOCC1. The zero-order valence-corrected chi connectivity index (χ0v) is 12.9. The lowest BCUT2D eigenvalue weighted by Crippen LogP contribution is -2.38. The van der Waals surface area contributed by atoms with Crippen LogP contribution in [-0.4, -0.2) is 68.0 Å². The van der Waals surface area contributed by atoms with Crippen LogP contribution in [0.25, 0.3) is 0 Å². The van der Waals surface area contributed by atoms with Crippen molar-refractivity contribution in [2.24, 2.45) is 0 Å². The maximum absolute atomic E-state index is 12.2. The zero-order chi connectivity index (χ0) is 15.3. The van der Waals surface area contributed by atoms with Crippen LogP contribution in [0, 0.1) is 6.92 Å². The number of hydrogen-bond donors (Lipinski definition) is 3. The summed E-state index contributed by atoms with van der Waals surface area (Å²) in [5.74, 6) is 0. The van der Waals surface area contributed by atoms with Crippen molar-refractivity contribution in [3.63, 3.8) is 0 Å². The Morgan fingerprint density at radius 2 is 2.14 bits per heavy atom. The minimum atomic E-state index is -3.64. The van der Waals surface area contributed by atoms with Gasteiger partial charge in [-0.05, 0) is 19.9 Å². The van der Waals surface area contributed by atoms with Crippen LogP contribution in [0.5, 0.6) is 0 Å². The van der Waals surface area contributed by atoms with E-state index in [1.165, 1.54) is 0 Å². The van der Waals surface area contributed by atoms with Gasteiger partial charge in [-0.15, -0.1) is 0 Å². The molecular formula is C12H22N4O4S. The second-order valence-corrected chi connectivity index (χ2v) is 6.69. The molecule has 0 atom stereocenters. The van der Waals surface area contributed by atoms with Crippen LogP contribution in [0.1, 0.15) is 17.8 Å². The number of nitrogens with zero attached hydrogens (tertiary/aromatic N) is 2. The van der Waals surface area contributed by atoms with Gasteiger partial charge in [0, 0.05) is 19.6 Å². The Balaban J connectivity index is 1.85. The molecule has 1 saturated heterocycles. The molecule has 0 bridgehead atoms. The number of rotatable bonds is 7. The first-order valence-corrected chi connectivity index (χ1v) is 8.47. The van der Waals surface area contributed by atoms with Crippen LogP contribution in [0.3, 0.4) is 0 Å². The summed E-state index contributed by atoms with van der Waals surface area (Å²) in [7, 11) is -3.64. The van der Waals surface area contributed by atoms with Crippen LogP contribution in [0.2, 0.25) is 0 Å². The largest absolute Gasteiger partial charge is 0.390 e. The minimum Gasteiger partial charge on any atom is -0.390 e. The molecule has 21 heavy (non-hydrogen) atoms. The Hall–Kier alpha value is -1.00. The molecule has 0 aliphatic carbocycles. The van der Waals surface area contributed by atoms with Gasteiger partial charge in [0.2, 0.25) is 10.0 Å². The molecule has 1 aromatic heterocycles. The fraction of sp³-hybridized carbons (Fsp3) is 0.750. The average Bonchev–Trinajstić information content (AvgIpc) is 2.86. The Bertz CT molecular complexity index is 552. The van der Waals surface area contributed by atoms with Crippen molar-refractivity contribution in [2.45, 2.75) is 24.8 Å². The highest BCUT2D eigenvalue weighted by molar-refractivity contribution is 7.89. The molecule has 0 amide bonds. The molecule has 0 spiro atoms. The van der Waals surface area contributed by atoms with E-state index in [0.29, 0.717) is 12.2 Å². The van der Waals surface area contributed by atoms with E-state index in [1.807, 2.05) is 0 Å². The third kappa shape index (κ3) is 4.24. The number of aryl methyl sites for hydroxylation is 1. The lowest BCUT2D eigenvalue weighted by molar-refractivity contribution is 0.0376. The second kappa shape index (κ2) is 7.32. The van der Waals surface area contributed by atoms with Gasteiger partial charge >= 0.3 is 0 Å². The van der Waals surface area contributed by atoms with Gasteiger partial charge in [-0.3, -0.25) is 10.00 Å². The quantitative estimate of drug-likeness (QED) is 0.569. The van der Waals surface area contributed by atoms with Crippen molar-refractivity contribution in [1.29, 1.82) is 0 Å². The Morgan fingerprint density at radius 3 is 2.81 bits per heavy atom. The number of morpholine rings is 1. The van der Waals surface area contributed by atoms with Gasteiger partial charge in [-0.1, -0.05) is 0 Å². The lowest BCUT2D eigenvalue weighted by atomic mass is 10.3. The number of hydrogen-bond acceptors (Lipinski definition) is 6. The van der Waals surface area contributed by atoms with Crippen molar-refractivity contribution < 1.29 is 18.3 Å². The Morgan fingerprint density at radius 1 is 1.43 bits per heavy atom. The van der Waals surface area contributed by atoms with Crippen LogP contribution in [-0.2, 0) is 21.4 Å². The number of aromatic nitrogens is 2. The number of nitrogens with one attached hydrogen (secondary N) is 2. The molecule has 2 heterocycles. The molecule has 1 aliphatic rings. The molecule has 0 saturated carbocycles. The highest BCUT2D eigenvalue weighted by Crippen LogP contribution is 2.17. The highest BCUT2D eigenvalue weighted by Gasteiger charge is 2.23. The Kier molecular flexibility index (Phi) is 5.71. The molecular weight excluding hydrogens is 296 g/mol. The van der Waals surface area contributed by atoms with Crippen LogP contribution < -0.4 is 4.72 Å². The average molecular weight is 318 g/mol. The molecule has 0 radical (unpaired) electrons. The van der Waals surface area contributed by atoms with E-state index < -0.39 is 16.6 Å². The summed E-state index contributed by atoms with van der Waals surface area (Å²) in [6.45, 7) is 5.66. The summed E-state index contributed by atoms with van der Waals surface area (Å²) in [4.78, 5) is 2.30. The van der Waals surface area contributed by atoms with Gasteiger partial charge in [0.15, 0.2) is 0 Å². The standard InChI is InChI=1S/C12H22N4O4S/c1-10-12(11(9-17)15-14-10)21(18,19)13-3-2-4-16-5-7-20-8-6-16/h13,17H,2-9H2,1H3,(H,14,15). The van der Waals surface area contributed by atoms with E-state index in [1.54, 1.807) is 6.92 Å². The van der Waals surface area contributed by atoms with Crippen LogP contribution in [0.4, 0.5) is 0 Å². The third-order valence-corrected chi connectivity index (χ3v) is 5.09. The fourth-order valence-electron chi connectivity index (χ4n) is 2.34. The number of aromatic amines is 1. The summed E-state index contributed by atoms with van der Waals surface area (Å²) < 4.78 is 32.3. The number of aliphatic hydroxyl groups excluding tert-OH is 1. The summed E-state index contributed by atoms with van der Waals surface area (Å²) in [5.41, 5.74) is 0.577. The van der Waals surface area contributed by atoms with Crippen molar-refractivity contribution in [3.05, 3.63) is 11.4 Å². The van der Waals surface area contributed by atoms with Crippen LogP contribution in [0.15, 0.2) is 4.90 Å². The zero-order valence-electron chi connectivity index (χ0n) is 12.1. The normalized spacial score (nSPS) is 17.2. The van der Waals surface area contributed by atoms with Gasteiger partial charge in [0.1, 0.15) is 10.6 Å². The second-order valence-electron chi connectivity index (χ2n) is 4.99. The first kappa shape index (κ1) is 16.4. The van der Waals surface area contributed by atoms with Gasteiger partial charge in [0.25, 0.3) is 0 Å². The molecule has 9 heteroatoms. The smallest absolute Gasteiger partial charge is 0.244 e. The predicted molar refractivity (Wildman–Crippen MR) is 76.3 cm³/mol. The van der Waals surface area contributed by atoms with E-state index in [0.717, 1.165) is 39.3 Å².